The number of nitrogens with zero attached hydrogens (tertiary/aromatic N) is 3. The number of rotatable bonds is 3. The van der Waals surface area contributed by atoms with E-state index in [-0.39, 0.29) is 16.7 Å². The first-order chi connectivity index (χ1) is 11.5. The standard InChI is InChI=1S/C16H15N3O4S/c1-11-17-18-16(22-11)14-6-7-15(23-14)24(20,21)19-9-8-12-4-2-3-5-13(12)10-19/h2-7H,8-10H2,1H3. The van der Waals surface area contributed by atoms with Crippen molar-refractivity contribution < 1.29 is 17.3 Å². The van der Waals surface area contributed by atoms with Crippen molar-refractivity contribution in [1.29, 1.82) is 0 Å². The molecule has 3 heterocycles. The van der Waals surface area contributed by atoms with Crippen LogP contribution in [-0.2, 0) is 23.0 Å². The van der Waals surface area contributed by atoms with Gasteiger partial charge in [0.2, 0.25) is 11.0 Å². The average Bonchev–Trinajstić information content (AvgIpc) is 3.23. The van der Waals surface area contributed by atoms with Gasteiger partial charge in [0.15, 0.2) is 5.76 Å². The highest BCUT2D eigenvalue weighted by molar-refractivity contribution is 7.89. The summed E-state index contributed by atoms with van der Waals surface area (Å²) in [4.78, 5) is 0. The van der Waals surface area contributed by atoms with Crippen molar-refractivity contribution >= 4 is 10.0 Å². The van der Waals surface area contributed by atoms with E-state index in [0.29, 0.717) is 25.4 Å². The molecule has 1 aromatic carbocycles. The zero-order valence-electron chi connectivity index (χ0n) is 13.0. The number of hydrogen-bond donors (Lipinski definition) is 0. The molecule has 0 atom stereocenters. The van der Waals surface area contributed by atoms with Crippen LogP contribution in [0.5, 0.6) is 0 Å². The minimum absolute atomic E-state index is 0.118. The zero-order chi connectivity index (χ0) is 16.7. The van der Waals surface area contributed by atoms with Gasteiger partial charge in [-0.3, -0.25) is 0 Å². The van der Waals surface area contributed by atoms with Crippen molar-refractivity contribution in [3.63, 3.8) is 0 Å². The lowest BCUT2D eigenvalue weighted by molar-refractivity contribution is 0.364. The summed E-state index contributed by atoms with van der Waals surface area (Å²) in [5.74, 6) is 0.794. The molecule has 0 spiro atoms. The van der Waals surface area contributed by atoms with Gasteiger partial charge in [0.25, 0.3) is 15.9 Å². The lowest BCUT2D eigenvalue weighted by Crippen LogP contribution is -2.35. The van der Waals surface area contributed by atoms with Gasteiger partial charge in [0.05, 0.1) is 0 Å². The Bertz CT molecular complexity index is 990. The highest BCUT2D eigenvalue weighted by Crippen LogP contribution is 2.28. The van der Waals surface area contributed by atoms with E-state index in [1.54, 1.807) is 6.92 Å². The zero-order valence-corrected chi connectivity index (χ0v) is 13.8. The van der Waals surface area contributed by atoms with E-state index >= 15 is 0 Å². The number of furan rings is 1. The van der Waals surface area contributed by atoms with Crippen molar-refractivity contribution in [2.45, 2.75) is 25.0 Å². The third-order valence-corrected chi connectivity index (χ3v) is 5.73. The monoisotopic (exact) mass is 345 g/mol. The Morgan fingerprint density at radius 3 is 2.58 bits per heavy atom. The van der Waals surface area contributed by atoms with Gasteiger partial charge in [-0.1, -0.05) is 24.3 Å². The molecule has 0 N–H and O–H groups in total. The third-order valence-electron chi connectivity index (χ3n) is 4.01. The second kappa shape index (κ2) is 5.57. The summed E-state index contributed by atoms with van der Waals surface area (Å²) in [6.45, 7) is 2.42. The third kappa shape index (κ3) is 2.53. The SMILES string of the molecule is Cc1nnc(-c2ccc(S(=O)(=O)N3CCc4ccccc4C3)o2)o1. The van der Waals surface area contributed by atoms with Crippen molar-refractivity contribution in [3.05, 3.63) is 53.4 Å². The molecule has 0 amide bonds. The Hall–Kier alpha value is -2.45. The average molecular weight is 345 g/mol. The summed E-state index contributed by atoms with van der Waals surface area (Å²) in [5, 5.41) is 7.43. The van der Waals surface area contributed by atoms with Gasteiger partial charge in [-0.15, -0.1) is 10.2 Å². The van der Waals surface area contributed by atoms with Gasteiger partial charge in [-0.05, 0) is 29.7 Å². The fourth-order valence-corrected chi connectivity index (χ4v) is 4.10. The largest absolute Gasteiger partial charge is 0.438 e. The van der Waals surface area contributed by atoms with E-state index < -0.39 is 10.0 Å². The molecule has 0 saturated heterocycles. The van der Waals surface area contributed by atoms with Crippen molar-refractivity contribution in [1.82, 2.24) is 14.5 Å². The van der Waals surface area contributed by atoms with Crippen LogP contribution in [0.4, 0.5) is 0 Å². The summed E-state index contributed by atoms with van der Waals surface area (Å²) in [6, 6.07) is 10.8. The predicted molar refractivity (Wildman–Crippen MR) is 84.5 cm³/mol. The molecular formula is C16H15N3O4S. The van der Waals surface area contributed by atoms with E-state index in [9.17, 15) is 8.42 Å². The Kier molecular flexibility index (Phi) is 3.50. The fourth-order valence-electron chi connectivity index (χ4n) is 2.77. The molecule has 3 aromatic rings. The van der Waals surface area contributed by atoms with Gasteiger partial charge in [-0.2, -0.15) is 4.31 Å². The highest BCUT2D eigenvalue weighted by atomic mass is 32.2. The number of aryl methyl sites for hydroxylation is 1. The number of sulfonamides is 1. The fraction of sp³-hybridized carbons (Fsp3) is 0.250. The lowest BCUT2D eigenvalue weighted by Gasteiger charge is -2.27. The minimum atomic E-state index is -3.71. The van der Waals surface area contributed by atoms with Crippen LogP contribution in [0.15, 0.2) is 50.3 Å². The molecule has 0 saturated carbocycles. The van der Waals surface area contributed by atoms with Crippen molar-refractivity contribution in [2.24, 2.45) is 0 Å². The molecule has 8 heteroatoms. The van der Waals surface area contributed by atoms with Gasteiger partial charge in [0.1, 0.15) is 0 Å². The predicted octanol–water partition coefficient (Wildman–Crippen LogP) is 2.39. The molecule has 1 aliphatic heterocycles. The van der Waals surface area contributed by atoms with Gasteiger partial charge < -0.3 is 8.83 Å². The molecule has 24 heavy (non-hydrogen) atoms. The van der Waals surface area contributed by atoms with Crippen LogP contribution < -0.4 is 0 Å². The molecule has 0 fully saturated rings. The number of benzene rings is 1. The van der Waals surface area contributed by atoms with Crippen molar-refractivity contribution in [2.75, 3.05) is 6.54 Å². The van der Waals surface area contributed by atoms with Crippen LogP contribution >= 0.6 is 0 Å². The second-order valence-corrected chi connectivity index (χ2v) is 7.47. The number of fused-ring (bicyclic) bond motifs is 1. The van der Waals surface area contributed by atoms with Gasteiger partial charge >= 0.3 is 0 Å². The summed E-state index contributed by atoms with van der Waals surface area (Å²) in [6.07, 6.45) is 0.686. The van der Waals surface area contributed by atoms with Crippen molar-refractivity contribution in [3.8, 4) is 11.7 Å². The molecule has 0 radical (unpaired) electrons. The Balaban J connectivity index is 1.63. The maximum absolute atomic E-state index is 12.8. The smallest absolute Gasteiger partial charge is 0.283 e. The van der Waals surface area contributed by atoms with E-state index in [0.717, 1.165) is 5.56 Å². The summed E-state index contributed by atoms with van der Waals surface area (Å²) >= 11 is 0. The molecule has 0 aliphatic carbocycles. The topological polar surface area (TPSA) is 89.4 Å². The molecule has 0 unspecified atom stereocenters. The number of aromatic nitrogens is 2. The van der Waals surface area contributed by atoms with Crippen LogP contribution in [0.1, 0.15) is 17.0 Å². The molecule has 7 nitrogen and oxygen atoms in total. The van der Waals surface area contributed by atoms with E-state index in [2.05, 4.69) is 10.2 Å². The summed E-state index contributed by atoms with van der Waals surface area (Å²) < 4.78 is 37.8. The maximum Gasteiger partial charge on any atom is 0.283 e. The molecular weight excluding hydrogens is 330 g/mol. The molecule has 4 rings (SSSR count). The highest BCUT2D eigenvalue weighted by Gasteiger charge is 2.31. The van der Waals surface area contributed by atoms with E-state index in [1.807, 2.05) is 24.3 Å². The van der Waals surface area contributed by atoms with Gasteiger partial charge in [-0.25, -0.2) is 8.42 Å². The summed E-state index contributed by atoms with van der Waals surface area (Å²) in [5.41, 5.74) is 2.21. The molecule has 124 valence electrons. The van der Waals surface area contributed by atoms with E-state index in [4.69, 9.17) is 8.83 Å². The first-order valence-electron chi connectivity index (χ1n) is 7.51. The first kappa shape index (κ1) is 15.1. The van der Waals surface area contributed by atoms with Crippen LogP contribution in [0.25, 0.3) is 11.7 Å². The Morgan fingerprint density at radius 1 is 1.04 bits per heavy atom. The normalized spacial score (nSPS) is 15.4. The van der Waals surface area contributed by atoms with Crippen LogP contribution in [0.2, 0.25) is 0 Å². The van der Waals surface area contributed by atoms with E-state index in [1.165, 1.54) is 22.0 Å². The quantitative estimate of drug-likeness (QED) is 0.724. The minimum Gasteiger partial charge on any atom is -0.438 e. The molecule has 0 bridgehead atoms. The molecule has 2 aromatic heterocycles. The van der Waals surface area contributed by atoms with Gasteiger partial charge in [0, 0.05) is 20.0 Å². The second-order valence-electron chi connectivity index (χ2n) is 5.60. The number of hydrogen-bond acceptors (Lipinski definition) is 6. The maximum atomic E-state index is 12.8. The Morgan fingerprint density at radius 2 is 1.83 bits per heavy atom. The Labute approximate surface area is 139 Å². The van der Waals surface area contributed by atoms with Crippen LogP contribution in [0, 0.1) is 6.92 Å². The van der Waals surface area contributed by atoms with Crippen LogP contribution in [0.3, 0.4) is 0 Å². The molecule has 1 aliphatic rings. The van der Waals surface area contributed by atoms with Crippen LogP contribution in [-0.4, -0.2) is 29.5 Å². The summed E-state index contributed by atoms with van der Waals surface area (Å²) in [7, 11) is -3.71. The lowest BCUT2D eigenvalue weighted by atomic mass is 10.0. The first-order valence-corrected chi connectivity index (χ1v) is 8.95.